The third-order valence-corrected chi connectivity index (χ3v) is 6.63. The lowest BCUT2D eigenvalue weighted by Gasteiger charge is -2.31. The van der Waals surface area contributed by atoms with Gasteiger partial charge in [-0.25, -0.2) is 13.4 Å². The Bertz CT molecular complexity index is 922. The summed E-state index contributed by atoms with van der Waals surface area (Å²) >= 11 is 0. The first-order valence-electron chi connectivity index (χ1n) is 8.78. The van der Waals surface area contributed by atoms with Crippen molar-refractivity contribution < 1.29 is 17.9 Å². The van der Waals surface area contributed by atoms with E-state index in [1.165, 1.54) is 10.5 Å². The Balaban J connectivity index is 1.62. The van der Waals surface area contributed by atoms with Gasteiger partial charge in [-0.3, -0.25) is 4.79 Å². The summed E-state index contributed by atoms with van der Waals surface area (Å²) in [6.07, 6.45) is 2.60. The number of nitrogens with zero attached hydrogens (tertiary/aromatic N) is 2. The van der Waals surface area contributed by atoms with Crippen LogP contribution in [0.15, 0.2) is 47.6 Å². The Hall–Kier alpha value is -2.45. The van der Waals surface area contributed by atoms with Crippen LogP contribution in [0.25, 0.3) is 0 Å². The second-order valence-corrected chi connectivity index (χ2v) is 8.36. The molecule has 0 unspecified atom stereocenters. The number of hydrogen-bond donors (Lipinski definition) is 1. The van der Waals surface area contributed by atoms with Crippen LogP contribution in [0.5, 0.6) is 5.75 Å². The molecule has 3 rings (SSSR count). The van der Waals surface area contributed by atoms with Crippen molar-refractivity contribution >= 4 is 15.9 Å². The fraction of sp³-hybridized carbons (Fsp3) is 0.368. The molecule has 144 valence electrons. The molecule has 0 saturated carbocycles. The van der Waals surface area contributed by atoms with E-state index in [9.17, 15) is 13.2 Å². The van der Waals surface area contributed by atoms with Crippen LogP contribution in [0.3, 0.4) is 0 Å². The van der Waals surface area contributed by atoms with Crippen molar-refractivity contribution in [3.8, 4) is 5.75 Å². The number of carbonyl (C=O) groups is 1. The van der Waals surface area contributed by atoms with Crippen molar-refractivity contribution in [2.75, 3.05) is 20.2 Å². The van der Waals surface area contributed by atoms with Gasteiger partial charge in [0.15, 0.2) is 5.03 Å². The van der Waals surface area contributed by atoms with E-state index in [4.69, 9.17) is 4.74 Å². The lowest BCUT2D eigenvalue weighted by Crippen LogP contribution is -2.46. The van der Waals surface area contributed by atoms with E-state index in [1.807, 2.05) is 0 Å². The predicted octanol–water partition coefficient (Wildman–Crippen LogP) is 1.98. The molecule has 1 saturated heterocycles. The number of amides is 1. The number of methoxy groups -OCH3 is 1. The first-order chi connectivity index (χ1) is 12.9. The Morgan fingerprint density at radius 1 is 1.22 bits per heavy atom. The van der Waals surface area contributed by atoms with Gasteiger partial charge in [0.05, 0.1) is 7.11 Å². The van der Waals surface area contributed by atoms with Crippen molar-refractivity contribution in [3.05, 3.63) is 53.7 Å². The summed E-state index contributed by atoms with van der Waals surface area (Å²) in [6.45, 7) is 2.43. The maximum Gasteiger partial charge on any atom is 0.260 e. The number of hydrogen-bond acceptors (Lipinski definition) is 5. The van der Waals surface area contributed by atoms with E-state index in [-0.39, 0.29) is 17.0 Å². The Morgan fingerprint density at radius 2 is 1.96 bits per heavy atom. The minimum absolute atomic E-state index is 0.0695. The first-order valence-corrected chi connectivity index (χ1v) is 10.2. The quantitative estimate of drug-likeness (QED) is 0.845. The number of ether oxygens (including phenoxy) is 1. The molecule has 1 amide bonds. The van der Waals surface area contributed by atoms with Crippen molar-refractivity contribution in [2.24, 2.45) is 0 Å². The van der Waals surface area contributed by atoms with E-state index in [0.29, 0.717) is 42.8 Å². The zero-order valence-electron chi connectivity index (χ0n) is 15.4. The van der Waals surface area contributed by atoms with Gasteiger partial charge in [-0.1, -0.05) is 12.1 Å². The number of nitrogens with one attached hydrogen (secondary N) is 1. The van der Waals surface area contributed by atoms with Gasteiger partial charge in [0.1, 0.15) is 5.75 Å². The van der Waals surface area contributed by atoms with Gasteiger partial charge in [-0.2, -0.15) is 4.31 Å². The highest BCUT2D eigenvalue weighted by molar-refractivity contribution is 7.89. The third-order valence-electron chi connectivity index (χ3n) is 4.67. The summed E-state index contributed by atoms with van der Waals surface area (Å²) < 4.78 is 32.2. The number of rotatable bonds is 5. The van der Waals surface area contributed by atoms with Crippen LogP contribution in [-0.2, 0) is 10.0 Å². The molecule has 0 spiro atoms. The van der Waals surface area contributed by atoms with Gasteiger partial charge in [0, 0.05) is 30.9 Å². The van der Waals surface area contributed by atoms with Crippen molar-refractivity contribution in [1.82, 2.24) is 14.6 Å². The summed E-state index contributed by atoms with van der Waals surface area (Å²) in [6, 6.07) is 10.3. The average molecular weight is 389 g/mol. The summed E-state index contributed by atoms with van der Waals surface area (Å²) in [7, 11) is -2.06. The van der Waals surface area contributed by atoms with Crippen LogP contribution in [0, 0.1) is 6.92 Å². The van der Waals surface area contributed by atoms with Crippen LogP contribution in [-0.4, -0.2) is 49.9 Å². The van der Waals surface area contributed by atoms with Gasteiger partial charge in [-0.15, -0.1) is 0 Å². The smallest absolute Gasteiger partial charge is 0.260 e. The molecule has 27 heavy (non-hydrogen) atoms. The van der Waals surface area contributed by atoms with Crippen LogP contribution in [0.1, 0.15) is 28.8 Å². The van der Waals surface area contributed by atoms with E-state index >= 15 is 0 Å². The first kappa shape index (κ1) is 19.3. The molecule has 1 aliphatic heterocycles. The van der Waals surface area contributed by atoms with Crippen molar-refractivity contribution in [3.63, 3.8) is 0 Å². The molecule has 0 aliphatic carbocycles. The SMILES string of the molecule is COc1cccc(C(=O)NC2CCN(S(=O)(=O)c3ncccc3C)CC2)c1. The van der Waals surface area contributed by atoms with Gasteiger partial charge in [0.2, 0.25) is 0 Å². The maximum atomic E-state index is 12.8. The lowest BCUT2D eigenvalue weighted by molar-refractivity contribution is 0.0923. The fourth-order valence-corrected chi connectivity index (χ4v) is 4.74. The summed E-state index contributed by atoms with van der Waals surface area (Å²) in [5.74, 6) is 0.435. The standard InChI is InChI=1S/C19H23N3O4S/c1-14-5-4-10-20-19(14)27(24,25)22-11-8-16(9-12-22)21-18(23)15-6-3-7-17(13-15)26-2/h3-7,10,13,16H,8-9,11-12H2,1-2H3,(H,21,23). The number of carbonyl (C=O) groups excluding carboxylic acids is 1. The molecule has 1 fully saturated rings. The Morgan fingerprint density at radius 3 is 2.63 bits per heavy atom. The zero-order valence-corrected chi connectivity index (χ0v) is 16.2. The summed E-state index contributed by atoms with van der Waals surface area (Å²) in [4.78, 5) is 16.5. The van der Waals surface area contributed by atoms with Crippen molar-refractivity contribution in [2.45, 2.75) is 30.8 Å². The normalized spacial score (nSPS) is 16.1. The second-order valence-electron chi connectivity index (χ2n) is 6.51. The molecule has 0 atom stereocenters. The van der Waals surface area contributed by atoms with E-state index in [1.54, 1.807) is 50.4 Å². The van der Waals surface area contributed by atoms with E-state index in [2.05, 4.69) is 10.3 Å². The largest absolute Gasteiger partial charge is 0.497 e. The van der Waals surface area contributed by atoms with Gasteiger partial charge < -0.3 is 10.1 Å². The highest BCUT2D eigenvalue weighted by atomic mass is 32.2. The molecule has 1 aromatic heterocycles. The molecule has 2 heterocycles. The Labute approximate surface area is 159 Å². The van der Waals surface area contributed by atoms with Crippen LogP contribution in [0.4, 0.5) is 0 Å². The molecular weight excluding hydrogens is 366 g/mol. The number of aryl methyl sites for hydroxylation is 1. The number of sulfonamides is 1. The molecule has 0 bridgehead atoms. The highest BCUT2D eigenvalue weighted by Crippen LogP contribution is 2.22. The number of benzene rings is 1. The van der Waals surface area contributed by atoms with Gasteiger partial charge in [-0.05, 0) is 49.6 Å². The lowest BCUT2D eigenvalue weighted by atomic mass is 10.1. The molecule has 7 nitrogen and oxygen atoms in total. The molecule has 1 aromatic carbocycles. The third kappa shape index (κ3) is 4.28. The molecule has 8 heteroatoms. The van der Waals surface area contributed by atoms with Gasteiger partial charge >= 0.3 is 0 Å². The maximum absolute atomic E-state index is 12.8. The molecule has 2 aromatic rings. The number of aromatic nitrogens is 1. The Kier molecular flexibility index (Phi) is 5.76. The fourth-order valence-electron chi connectivity index (χ4n) is 3.14. The van der Waals surface area contributed by atoms with Gasteiger partial charge in [0.25, 0.3) is 15.9 Å². The highest BCUT2D eigenvalue weighted by Gasteiger charge is 2.31. The average Bonchev–Trinajstić information content (AvgIpc) is 2.68. The van der Waals surface area contributed by atoms with Crippen LogP contribution in [0.2, 0.25) is 0 Å². The van der Waals surface area contributed by atoms with Crippen LogP contribution >= 0.6 is 0 Å². The van der Waals surface area contributed by atoms with E-state index in [0.717, 1.165) is 0 Å². The molecule has 0 radical (unpaired) electrons. The van der Waals surface area contributed by atoms with E-state index < -0.39 is 10.0 Å². The predicted molar refractivity (Wildman–Crippen MR) is 101 cm³/mol. The zero-order chi connectivity index (χ0) is 19.4. The summed E-state index contributed by atoms with van der Waals surface area (Å²) in [5, 5.41) is 3.08. The van der Waals surface area contributed by atoms with Crippen LogP contribution < -0.4 is 10.1 Å². The summed E-state index contributed by atoms with van der Waals surface area (Å²) in [5.41, 5.74) is 1.15. The molecule has 1 N–H and O–H groups in total. The minimum Gasteiger partial charge on any atom is -0.497 e. The molecule has 1 aliphatic rings. The monoisotopic (exact) mass is 389 g/mol. The van der Waals surface area contributed by atoms with Crippen molar-refractivity contribution in [1.29, 1.82) is 0 Å². The molecular formula is C19H23N3O4S. The second kappa shape index (κ2) is 8.06. The number of pyridine rings is 1. The minimum atomic E-state index is -3.61. The topological polar surface area (TPSA) is 88.6 Å². The number of piperidine rings is 1.